The Balaban J connectivity index is 1.77. The van der Waals surface area contributed by atoms with Crippen LogP contribution in [0.2, 0.25) is 0 Å². The Bertz CT molecular complexity index is 1660. The number of nitrogens with zero attached hydrogens (tertiary/aromatic N) is 4. The van der Waals surface area contributed by atoms with E-state index in [1.54, 1.807) is 0 Å². The number of fused-ring (bicyclic) bond motifs is 4. The van der Waals surface area contributed by atoms with Crippen molar-refractivity contribution in [2.24, 2.45) is 31.8 Å². The Hall–Kier alpha value is -4.46. The fourth-order valence-electron chi connectivity index (χ4n) is 6.05. The molecule has 0 aliphatic carbocycles. The molecule has 0 spiro atoms. The molecule has 8 heteroatoms. The van der Waals surface area contributed by atoms with Crippen molar-refractivity contribution in [3.8, 4) is 0 Å². The topological polar surface area (TPSA) is 102 Å². The third-order valence-corrected chi connectivity index (χ3v) is 8.61. The molecular weight excluding hydrogens is 528 g/mol. The summed E-state index contributed by atoms with van der Waals surface area (Å²) in [4.78, 5) is 45.1. The number of esters is 2. The summed E-state index contributed by atoms with van der Waals surface area (Å²) in [6.45, 7) is 14.2. The lowest BCUT2D eigenvalue weighted by Crippen LogP contribution is -2.17. The Labute approximate surface area is 246 Å². The van der Waals surface area contributed by atoms with E-state index in [1.807, 2.05) is 44.2 Å². The van der Waals surface area contributed by atoms with Gasteiger partial charge in [0.05, 0.1) is 54.0 Å². The Morgan fingerprint density at radius 2 is 1.50 bits per heavy atom. The number of rotatable bonds is 6. The molecule has 42 heavy (non-hydrogen) atoms. The first-order valence-corrected chi connectivity index (χ1v) is 14.2. The van der Waals surface area contributed by atoms with Gasteiger partial charge in [-0.3, -0.25) is 9.79 Å². The average Bonchev–Trinajstić information content (AvgIpc) is 3.64. The average molecular weight is 565 g/mol. The van der Waals surface area contributed by atoms with Gasteiger partial charge in [-0.2, -0.15) is 0 Å². The van der Waals surface area contributed by atoms with Gasteiger partial charge < -0.3 is 9.47 Å². The maximum Gasteiger partial charge on any atom is 0.340 e. The molecule has 5 heterocycles. The molecule has 0 aromatic carbocycles. The first-order valence-electron chi connectivity index (χ1n) is 14.2. The molecule has 8 nitrogen and oxygen atoms in total. The van der Waals surface area contributed by atoms with Crippen molar-refractivity contribution in [1.29, 1.82) is 0 Å². The zero-order valence-electron chi connectivity index (χ0n) is 25.3. The summed E-state index contributed by atoms with van der Waals surface area (Å²) < 4.78 is 10.1. The van der Waals surface area contributed by atoms with Gasteiger partial charge in [0, 0.05) is 35.2 Å². The molecule has 2 atom stereocenters. The van der Waals surface area contributed by atoms with Gasteiger partial charge in [-0.1, -0.05) is 26.5 Å². The van der Waals surface area contributed by atoms with Crippen molar-refractivity contribution in [2.75, 3.05) is 14.2 Å². The fraction of sp³-hybridized carbons (Fsp3) is 0.353. The molecule has 0 saturated heterocycles. The van der Waals surface area contributed by atoms with Crippen molar-refractivity contribution in [3.63, 3.8) is 0 Å². The smallest absolute Gasteiger partial charge is 0.340 e. The lowest BCUT2D eigenvalue weighted by Gasteiger charge is -2.17. The third-order valence-electron chi connectivity index (χ3n) is 8.61. The van der Waals surface area contributed by atoms with E-state index in [0.29, 0.717) is 29.0 Å². The van der Waals surface area contributed by atoms with E-state index in [1.165, 1.54) is 14.2 Å². The molecule has 8 bridgehead atoms. The van der Waals surface area contributed by atoms with Gasteiger partial charge in [0.25, 0.3) is 0 Å². The SMILES string of the molecule is C=CC1=C(C)C2=CC3=NC(=CC4=NC(=CC5=NC(=CC1=N2)C(C)=C5CC)C(C)=C4C(=O)OC)C(CCC(=O)OC)C3C. The molecule has 0 aromatic heterocycles. The number of carbonyl (C=O) groups is 2. The highest BCUT2D eigenvalue weighted by atomic mass is 16.5. The van der Waals surface area contributed by atoms with Gasteiger partial charge in [-0.15, -0.1) is 0 Å². The van der Waals surface area contributed by atoms with Crippen LogP contribution in [0.25, 0.3) is 0 Å². The van der Waals surface area contributed by atoms with E-state index in [4.69, 9.17) is 29.4 Å². The van der Waals surface area contributed by atoms with E-state index in [9.17, 15) is 9.59 Å². The standard InChI is InChI=1S/C34H36N4O4/c1-9-21-17(3)24-13-25-19(5)23(11-12-32(39)41-7)30(37-25)16-31-33(34(40)42-8)20(6)27(38-31)15-29-22(10-2)18(4)26(36-29)14-28(21)35-24/h9,13-16,19,23H,1,10-12H2,2-8H3. The van der Waals surface area contributed by atoms with Crippen molar-refractivity contribution >= 4 is 34.8 Å². The lowest BCUT2D eigenvalue weighted by molar-refractivity contribution is -0.141. The van der Waals surface area contributed by atoms with Crippen molar-refractivity contribution in [3.05, 3.63) is 93.2 Å². The first kappa shape index (κ1) is 29.0. The molecule has 5 aliphatic rings. The van der Waals surface area contributed by atoms with E-state index in [-0.39, 0.29) is 24.2 Å². The number of hydrogen-bond donors (Lipinski definition) is 0. The van der Waals surface area contributed by atoms with Crippen LogP contribution in [0.1, 0.15) is 53.9 Å². The monoisotopic (exact) mass is 564 g/mol. The molecule has 0 saturated carbocycles. The summed E-state index contributed by atoms with van der Waals surface area (Å²) in [5.74, 6) is -0.840. The number of methoxy groups -OCH3 is 2. The van der Waals surface area contributed by atoms with Gasteiger partial charge in [0.15, 0.2) is 0 Å². The molecule has 0 radical (unpaired) electrons. The largest absolute Gasteiger partial charge is 0.469 e. The Morgan fingerprint density at radius 3 is 2.17 bits per heavy atom. The van der Waals surface area contributed by atoms with E-state index in [0.717, 1.165) is 62.9 Å². The first-order chi connectivity index (χ1) is 20.1. The highest BCUT2D eigenvalue weighted by Crippen LogP contribution is 2.39. The summed E-state index contributed by atoms with van der Waals surface area (Å²) in [5, 5.41) is 0. The second-order valence-corrected chi connectivity index (χ2v) is 10.9. The van der Waals surface area contributed by atoms with E-state index >= 15 is 0 Å². The quantitative estimate of drug-likeness (QED) is 0.354. The highest BCUT2D eigenvalue weighted by molar-refractivity contribution is 6.28. The number of aliphatic imine (C=N–C) groups is 4. The van der Waals surface area contributed by atoms with Gasteiger partial charge in [-0.05, 0) is 80.2 Å². The second-order valence-electron chi connectivity index (χ2n) is 10.9. The van der Waals surface area contributed by atoms with E-state index < -0.39 is 5.97 Å². The molecule has 5 aliphatic heterocycles. The molecule has 5 rings (SSSR count). The van der Waals surface area contributed by atoms with Crippen LogP contribution in [-0.4, -0.2) is 49.0 Å². The minimum absolute atomic E-state index is 0.01000. The molecule has 0 N–H and O–H groups in total. The second kappa shape index (κ2) is 11.4. The maximum atomic E-state index is 13.0. The van der Waals surface area contributed by atoms with Crippen LogP contribution in [0.4, 0.5) is 0 Å². The van der Waals surface area contributed by atoms with Crippen LogP contribution < -0.4 is 0 Å². The molecule has 2 unspecified atom stereocenters. The third kappa shape index (κ3) is 4.95. The van der Waals surface area contributed by atoms with Crippen LogP contribution in [0.15, 0.2) is 113 Å². The predicted octanol–water partition coefficient (Wildman–Crippen LogP) is 6.28. The number of ether oxygens (including phenoxy) is 2. The van der Waals surface area contributed by atoms with Gasteiger partial charge in [0.1, 0.15) is 0 Å². The zero-order chi connectivity index (χ0) is 30.3. The fourth-order valence-corrected chi connectivity index (χ4v) is 6.05. The summed E-state index contributed by atoms with van der Waals surface area (Å²) in [6.07, 6.45) is 11.2. The summed E-state index contributed by atoms with van der Waals surface area (Å²) >= 11 is 0. The van der Waals surface area contributed by atoms with Gasteiger partial charge in [-0.25, -0.2) is 19.8 Å². The van der Waals surface area contributed by atoms with Crippen LogP contribution in [0, 0.1) is 11.8 Å². The van der Waals surface area contributed by atoms with Crippen LogP contribution >= 0.6 is 0 Å². The maximum absolute atomic E-state index is 13.0. The minimum atomic E-state index is -0.463. The lowest BCUT2D eigenvalue weighted by atomic mass is 9.86. The molecule has 0 aromatic rings. The van der Waals surface area contributed by atoms with Gasteiger partial charge >= 0.3 is 11.9 Å². The molecule has 0 amide bonds. The van der Waals surface area contributed by atoms with Crippen molar-refractivity contribution in [1.82, 2.24) is 0 Å². The van der Waals surface area contributed by atoms with E-state index in [2.05, 4.69) is 27.4 Å². The predicted molar refractivity (Wildman–Crippen MR) is 167 cm³/mol. The summed E-state index contributed by atoms with van der Waals surface area (Å²) in [6, 6.07) is 0. The number of carbonyl (C=O) groups excluding carboxylic acids is 2. The summed E-state index contributed by atoms with van der Waals surface area (Å²) in [7, 11) is 2.76. The highest BCUT2D eigenvalue weighted by Gasteiger charge is 2.35. The molecule has 216 valence electrons. The van der Waals surface area contributed by atoms with Crippen LogP contribution in [-0.2, 0) is 19.1 Å². The minimum Gasteiger partial charge on any atom is -0.469 e. The van der Waals surface area contributed by atoms with Gasteiger partial charge in [0.2, 0.25) is 0 Å². The van der Waals surface area contributed by atoms with Crippen molar-refractivity contribution in [2.45, 2.75) is 53.9 Å². The molecular formula is C34H36N4O4. The Morgan fingerprint density at radius 1 is 0.857 bits per heavy atom. The van der Waals surface area contributed by atoms with Crippen LogP contribution in [0.3, 0.4) is 0 Å². The Kier molecular flexibility index (Phi) is 7.91. The molecule has 0 fully saturated rings. The number of hydrogen-bond acceptors (Lipinski definition) is 8. The normalized spacial score (nSPS) is 23.1. The van der Waals surface area contributed by atoms with Crippen LogP contribution in [0.5, 0.6) is 0 Å². The zero-order valence-corrected chi connectivity index (χ0v) is 25.3. The number of allylic oxidation sites excluding steroid dienone is 11. The van der Waals surface area contributed by atoms with Crippen molar-refractivity contribution < 1.29 is 19.1 Å². The summed E-state index contributed by atoms with van der Waals surface area (Å²) in [5.41, 5.74) is 11.3.